The van der Waals surface area contributed by atoms with E-state index in [0.29, 0.717) is 12.5 Å². The van der Waals surface area contributed by atoms with Crippen LogP contribution in [0.25, 0.3) is 0 Å². The number of amides is 1. The quantitative estimate of drug-likeness (QED) is 0.725. The molecule has 1 aromatic rings. The largest absolute Gasteiger partial charge is 0.354 e. The van der Waals surface area contributed by atoms with Gasteiger partial charge in [-0.15, -0.1) is 0 Å². The van der Waals surface area contributed by atoms with Crippen molar-refractivity contribution in [1.82, 2.24) is 10.6 Å². The standard InChI is InChI=1S/C17H28N2O/c1-4-5-11-16(15-9-7-6-8-10-15)18-13-12-17(20)19-14(2)3/h6-10,14,16,18H,4-5,11-13H2,1-3H3,(H,19,20). The number of hydrogen-bond acceptors (Lipinski definition) is 2. The SMILES string of the molecule is CCCCC(NCCC(=O)NC(C)C)c1ccccc1. The molecule has 1 amide bonds. The fourth-order valence-electron chi connectivity index (χ4n) is 2.23. The van der Waals surface area contributed by atoms with Gasteiger partial charge in [0.2, 0.25) is 5.91 Å². The third-order valence-electron chi connectivity index (χ3n) is 3.24. The number of carbonyl (C=O) groups excluding carboxylic acids is 1. The summed E-state index contributed by atoms with van der Waals surface area (Å²) in [5.74, 6) is 0.120. The number of unbranched alkanes of at least 4 members (excludes halogenated alkanes) is 1. The van der Waals surface area contributed by atoms with Crippen LogP contribution in [0.5, 0.6) is 0 Å². The Morgan fingerprint density at radius 3 is 2.50 bits per heavy atom. The highest BCUT2D eigenvalue weighted by Gasteiger charge is 2.11. The Morgan fingerprint density at radius 1 is 1.20 bits per heavy atom. The van der Waals surface area contributed by atoms with Crippen LogP contribution in [0, 0.1) is 0 Å². The lowest BCUT2D eigenvalue weighted by Gasteiger charge is -2.19. The number of hydrogen-bond donors (Lipinski definition) is 2. The van der Waals surface area contributed by atoms with Crippen LogP contribution in [0.1, 0.15) is 58.1 Å². The van der Waals surface area contributed by atoms with Crippen molar-refractivity contribution in [3.05, 3.63) is 35.9 Å². The topological polar surface area (TPSA) is 41.1 Å². The van der Waals surface area contributed by atoms with Crippen LogP contribution in [0.2, 0.25) is 0 Å². The maximum Gasteiger partial charge on any atom is 0.221 e. The van der Waals surface area contributed by atoms with Crippen LogP contribution in [-0.2, 0) is 4.79 Å². The number of rotatable bonds is 9. The molecule has 1 rings (SSSR count). The summed E-state index contributed by atoms with van der Waals surface area (Å²) in [5, 5.41) is 6.43. The van der Waals surface area contributed by atoms with Crippen molar-refractivity contribution in [3.8, 4) is 0 Å². The van der Waals surface area contributed by atoms with Gasteiger partial charge in [-0.05, 0) is 25.8 Å². The van der Waals surface area contributed by atoms with Crippen LogP contribution in [0.4, 0.5) is 0 Å². The second-order valence-corrected chi connectivity index (χ2v) is 5.53. The lowest BCUT2D eigenvalue weighted by atomic mass is 10.0. The number of carbonyl (C=O) groups is 1. The fraction of sp³-hybridized carbons (Fsp3) is 0.588. The summed E-state index contributed by atoms with van der Waals surface area (Å²) in [6.07, 6.45) is 4.05. The molecule has 3 heteroatoms. The van der Waals surface area contributed by atoms with Crippen LogP contribution >= 0.6 is 0 Å². The predicted octanol–water partition coefficient (Wildman–Crippen LogP) is 3.42. The minimum atomic E-state index is 0.120. The van der Waals surface area contributed by atoms with Crippen LogP contribution in [0.15, 0.2) is 30.3 Å². The Kier molecular flexibility index (Phi) is 7.97. The fourth-order valence-corrected chi connectivity index (χ4v) is 2.23. The lowest BCUT2D eigenvalue weighted by molar-refractivity contribution is -0.121. The summed E-state index contributed by atoms with van der Waals surface area (Å²) in [4.78, 5) is 11.6. The first kappa shape index (κ1) is 16.7. The zero-order valence-electron chi connectivity index (χ0n) is 13.0. The van der Waals surface area contributed by atoms with Gasteiger partial charge >= 0.3 is 0 Å². The average Bonchev–Trinajstić information content (AvgIpc) is 2.42. The van der Waals surface area contributed by atoms with Gasteiger partial charge in [0.25, 0.3) is 0 Å². The van der Waals surface area contributed by atoms with E-state index in [1.54, 1.807) is 0 Å². The highest BCUT2D eigenvalue weighted by atomic mass is 16.1. The van der Waals surface area contributed by atoms with Gasteiger partial charge < -0.3 is 10.6 Å². The molecular formula is C17H28N2O. The van der Waals surface area contributed by atoms with E-state index < -0.39 is 0 Å². The van der Waals surface area contributed by atoms with E-state index >= 15 is 0 Å². The second-order valence-electron chi connectivity index (χ2n) is 5.53. The zero-order valence-corrected chi connectivity index (χ0v) is 13.0. The molecule has 0 saturated heterocycles. The molecule has 1 unspecified atom stereocenters. The minimum absolute atomic E-state index is 0.120. The molecule has 20 heavy (non-hydrogen) atoms. The van der Waals surface area contributed by atoms with Crippen molar-refractivity contribution in [1.29, 1.82) is 0 Å². The first-order valence-electron chi connectivity index (χ1n) is 7.71. The van der Waals surface area contributed by atoms with Gasteiger partial charge in [0.05, 0.1) is 0 Å². The van der Waals surface area contributed by atoms with Crippen molar-refractivity contribution in [2.75, 3.05) is 6.54 Å². The normalized spacial score (nSPS) is 12.4. The molecule has 0 radical (unpaired) electrons. The number of benzene rings is 1. The van der Waals surface area contributed by atoms with Crippen molar-refractivity contribution >= 4 is 5.91 Å². The molecule has 0 aliphatic carbocycles. The first-order valence-corrected chi connectivity index (χ1v) is 7.71. The smallest absolute Gasteiger partial charge is 0.221 e. The number of nitrogens with one attached hydrogen (secondary N) is 2. The molecule has 0 fully saturated rings. The summed E-state index contributed by atoms with van der Waals surface area (Å²) < 4.78 is 0. The van der Waals surface area contributed by atoms with Gasteiger partial charge in [-0.1, -0.05) is 50.1 Å². The van der Waals surface area contributed by atoms with Gasteiger partial charge in [0, 0.05) is 25.0 Å². The summed E-state index contributed by atoms with van der Waals surface area (Å²) >= 11 is 0. The van der Waals surface area contributed by atoms with Gasteiger partial charge in [-0.2, -0.15) is 0 Å². The van der Waals surface area contributed by atoms with Gasteiger partial charge in [0.15, 0.2) is 0 Å². The van der Waals surface area contributed by atoms with Gasteiger partial charge in [0.1, 0.15) is 0 Å². The van der Waals surface area contributed by atoms with E-state index in [4.69, 9.17) is 0 Å². The first-order chi connectivity index (χ1) is 9.63. The molecule has 0 bridgehead atoms. The monoisotopic (exact) mass is 276 g/mol. The van der Waals surface area contributed by atoms with Crippen molar-refractivity contribution < 1.29 is 4.79 Å². The Balaban J connectivity index is 2.43. The van der Waals surface area contributed by atoms with Crippen LogP contribution in [-0.4, -0.2) is 18.5 Å². The van der Waals surface area contributed by atoms with E-state index in [1.807, 2.05) is 19.9 Å². The third-order valence-corrected chi connectivity index (χ3v) is 3.24. The van der Waals surface area contributed by atoms with Crippen LogP contribution < -0.4 is 10.6 Å². The molecular weight excluding hydrogens is 248 g/mol. The summed E-state index contributed by atoms with van der Waals surface area (Å²) in [5.41, 5.74) is 1.31. The Morgan fingerprint density at radius 2 is 1.90 bits per heavy atom. The molecule has 0 aliphatic rings. The summed E-state index contributed by atoms with van der Waals surface area (Å²) in [7, 11) is 0. The van der Waals surface area contributed by atoms with E-state index in [1.165, 1.54) is 18.4 Å². The zero-order chi connectivity index (χ0) is 14.8. The molecule has 112 valence electrons. The maximum atomic E-state index is 11.6. The molecule has 0 aliphatic heterocycles. The average molecular weight is 276 g/mol. The minimum Gasteiger partial charge on any atom is -0.354 e. The highest BCUT2D eigenvalue weighted by molar-refractivity contribution is 5.76. The van der Waals surface area contributed by atoms with E-state index in [2.05, 4.69) is 41.8 Å². The summed E-state index contributed by atoms with van der Waals surface area (Å²) in [6, 6.07) is 11.1. The molecule has 0 heterocycles. The molecule has 0 saturated carbocycles. The van der Waals surface area contributed by atoms with E-state index in [9.17, 15) is 4.79 Å². The molecule has 3 nitrogen and oxygen atoms in total. The Hall–Kier alpha value is -1.35. The van der Waals surface area contributed by atoms with Gasteiger partial charge in [-0.25, -0.2) is 0 Å². The van der Waals surface area contributed by atoms with Crippen molar-refractivity contribution in [2.45, 2.75) is 58.5 Å². The Labute approximate surface area is 123 Å². The Bertz CT molecular complexity index is 376. The molecule has 2 N–H and O–H groups in total. The lowest BCUT2D eigenvalue weighted by Crippen LogP contribution is -2.33. The predicted molar refractivity (Wildman–Crippen MR) is 84.6 cm³/mol. The third kappa shape index (κ3) is 6.71. The van der Waals surface area contributed by atoms with Crippen molar-refractivity contribution in [3.63, 3.8) is 0 Å². The highest BCUT2D eigenvalue weighted by Crippen LogP contribution is 2.18. The molecule has 1 atom stereocenters. The second kappa shape index (κ2) is 9.54. The van der Waals surface area contributed by atoms with Crippen LogP contribution in [0.3, 0.4) is 0 Å². The summed E-state index contributed by atoms with van der Waals surface area (Å²) in [6.45, 7) is 6.90. The molecule has 1 aromatic carbocycles. The van der Waals surface area contributed by atoms with Crippen molar-refractivity contribution in [2.24, 2.45) is 0 Å². The van der Waals surface area contributed by atoms with E-state index in [-0.39, 0.29) is 11.9 Å². The molecule has 0 spiro atoms. The molecule has 0 aromatic heterocycles. The van der Waals surface area contributed by atoms with E-state index in [0.717, 1.165) is 13.0 Å². The maximum absolute atomic E-state index is 11.6. The van der Waals surface area contributed by atoms with Gasteiger partial charge in [-0.3, -0.25) is 4.79 Å².